The van der Waals surface area contributed by atoms with Crippen LogP contribution in [0.25, 0.3) is 0 Å². The van der Waals surface area contributed by atoms with Gasteiger partial charge in [-0.3, -0.25) is 4.68 Å². The second kappa shape index (κ2) is 5.50. The maximum absolute atomic E-state index is 13.0. The predicted octanol–water partition coefficient (Wildman–Crippen LogP) is 2.81. The Morgan fingerprint density at radius 3 is 2.78 bits per heavy atom. The van der Waals surface area contributed by atoms with Crippen molar-refractivity contribution in [1.29, 1.82) is 0 Å². The molecule has 0 saturated carbocycles. The molecule has 0 spiro atoms. The Morgan fingerprint density at radius 1 is 1.39 bits per heavy atom. The van der Waals surface area contributed by atoms with Crippen LogP contribution in [0.15, 0.2) is 24.3 Å². The summed E-state index contributed by atoms with van der Waals surface area (Å²) in [7, 11) is 1.86. The van der Waals surface area contributed by atoms with Crippen molar-refractivity contribution in [3.05, 3.63) is 52.1 Å². The zero-order valence-corrected chi connectivity index (χ0v) is 11.1. The first-order valence-corrected chi connectivity index (χ1v) is 6.09. The number of rotatable bonds is 4. The van der Waals surface area contributed by atoms with Gasteiger partial charge in [0.25, 0.3) is 0 Å². The fourth-order valence-corrected chi connectivity index (χ4v) is 2.07. The molecule has 0 fully saturated rings. The van der Waals surface area contributed by atoms with E-state index in [0.717, 1.165) is 17.0 Å². The summed E-state index contributed by atoms with van der Waals surface area (Å²) < 4.78 is 14.7. The molecule has 0 atom stereocenters. The molecule has 0 aliphatic rings. The van der Waals surface area contributed by atoms with E-state index < -0.39 is 0 Å². The first kappa shape index (κ1) is 13.1. The third-order valence-corrected chi connectivity index (χ3v) is 3.26. The molecule has 2 aromatic rings. The maximum Gasteiger partial charge on any atom is 0.123 e. The van der Waals surface area contributed by atoms with Crippen LogP contribution in [0.3, 0.4) is 0 Å². The summed E-state index contributed by atoms with van der Waals surface area (Å²) in [5.41, 5.74) is 2.66. The topological polar surface area (TPSA) is 29.9 Å². The predicted molar refractivity (Wildman–Crippen MR) is 69.9 cm³/mol. The minimum absolute atomic E-state index is 0.219. The molecule has 0 saturated heterocycles. The highest BCUT2D eigenvalue weighted by molar-refractivity contribution is 6.31. The number of nitrogens with one attached hydrogen (secondary N) is 1. The fourth-order valence-electron chi connectivity index (χ4n) is 1.84. The quantitative estimate of drug-likeness (QED) is 0.923. The molecule has 0 radical (unpaired) electrons. The van der Waals surface area contributed by atoms with Crippen LogP contribution in [-0.2, 0) is 20.1 Å². The summed E-state index contributed by atoms with van der Waals surface area (Å²) in [6.07, 6.45) is 0. The number of hydrogen-bond donors (Lipinski definition) is 1. The minimum atomic E-state index is -0.219. The number of halogens is 2. The van der Waals surface area contributed by atoms with Crippen molar-refractivity contribution in [3.8, 4) is 0 Å². The summed E-state index contributed by atoms with van der Waals surface area (Å²) in [5, 5.41) is 8.15. The van der Waals surface area contributed by atoms with Gasteiger partial charge in [-0.1, -0.05) is 23.7 Å². The Bertz CT molecular complexity index is 551. The average molecular weight is 268 g/mol. The molecule has 0 bridgehead atoms. The first-order chi connectivity index (χ1) is 8.58. The zero-order chi connectivity index (χ0) is 13.1. The molecule has 2 rings (SSSR count). The van der Waals surface area contributed by atoms with Crippen LogP contribution in [0.1, 0.15) is 17.0 Å². The van der Waals surface area contributed by atoms with Gasteiger partial charge < -0.3 is 5.32 Å². The number of benzene rings is 1. The van der Waals surface area contributed by atoms with Crippen molar-refractivity contribution in [2.24, 2.45) is 7.05 Å². The Labute approximate surface area is 111 Å². The van der Waals surface area contributed by atoms with Crippen molar-refractivity contribution in [2.75, 3.05) is 0 Å². The van der Waals surface area contributed by atoms with E-state index in [0.29, 0.717) is 18.1 Å². The first-order valence-electron chi connectivity index (χ1n) is 5.71. The van der Waals surface area contributed by atoms with Crippen molar-refractivity contribution in [2.45, 2.75) is 20.0 Å². The largest absolute Gasteiger partial charge is 0.307 e. The molecule has 1 heterocycles. The van der Waals surface area contributed by atoms with Gasteiger partial charge >= 0.3 is 0 Å². The molecule has 0 aliphatic carbocycles. The van der Waals surface area contributed by atoms with Gasteiger partial charge in [-0.25, -0.2) is 4.39 Å². The number of aromatic nitrogens is 2. The van der Waals surface area contributed by atoms with Crippen LogP contribution in [0.5, 0.6) is 0 Å². The van der Waals surface area contributed by atoms with E-state index in [1.165, 1.54) is 12.1 Å². The SMILES string of the molecule is Cc1nn(C)c(CNCc2cccc(F)c2)c1Cl. The third-order valence-electron chi connectivity index (χ3n) is 2.77. The second-order valence-corrected chi connectivity index (χ2v) is 4.58. The van der Waals surface area contributed by atoms with Gasteiger partial charge in [0.15, 0.2) is 0 Å². The Kier molecular flexibility index (Phi) is 3.99. The van der Waals surface area contributed by atoms with Crippen molar-refractivity contribution in [1.82, 2.24) is 15.1 Å². The molecule has 0 aliphatic heterocycles. The van der Waals surface area contributed by atoms with E-state index in [4.69, 9.17) is 11.6 Å². The average Bonchev–Trinajstić information content (AvgIpc) is 2.56. The van der Waals surface area contributed by atoms with E-state index in [1.54, 1.807) is 10.7 Å². The minimum Gasteiger partial charge on any atom is -0.307 e. The van der Waals surface area contributed by atoms with Gasteiger partial charge in [0, 0.05) is 20.1 Å². The molecular weight excluding hydrogens is 253 g/mol. The van der Waals surface area contributed by atoms with Gasteiger partial charge in [-0.2, -0.15) is 5.10 Å². The molecule has 96 valence electrons. The third kappa shape index (κ3) is 2.89. The van der Waals surface area contributed by atoms with Crippen LogP contribution >= 0.6 is 11.6 Å². The van der Waals surface area contributed by atoms with Crippen LogP contribution in [0.4, 0.5) is 4.39 Å². The fraction of sp³-hybridized carbons (Fsp3) is 0.308. The Hall–Kier alpha value is -1.39. The lowest BCUT2D eigenvalue weighted by atomic mass is 10.2. The summed E-state index contributed by atoms with van der Waals surface area (Å²) >= 11 is 6.14. The van der Waals surface area contributed by atoms with E-state index in [9.17, 15) is 4.39 Å². The van der Waals surface area contributed by atoms with Gasteiger partial charge in [-0.15, -0.1) is 0 Å². The maximum atomic E-state index is 13.0. The summed E-state index contributed by atoms with van der Waals surface area (Å²) in [6, 6.07) is 6.54. The summed E-state index contributed by atoms with van der Waals surface area (Å²) in [6.45, 7) is 3.07. The zero-order valence-electron chi connectivity index (χ0n) is 10.4. The highest BCUT2D eigenvalue weighted by Crippen LogP contribution is 2.19. The standard InChI is InChI=1S/C13H15ClFN3/c1-9-13(14)12(18(2)17-9)8-16-7-10-4-3-5-11(15)6-10/h3-6,16H,7-8H2,1-2H3. The van der Waals surface area contributed by atoms with Gasteiger partial charge in [0.1, 0.15) is 5.82 Å². The van der Waals surface area contributed by atoms with Gasteiger partial charge in [0.2, 0.25) is 0 Å². The van der Waals surface area contributed by atoms with Crippen molar-refractivity contribution < 1.29 is 4.39 Å². The molecule has 0 unspecified atom stereocenters. The van der Waals surface area contributed by atoms with E-state index in [-0.39, 0.29) is 5.82 Å². The Morgan fingerprint density at radius 2 is 2.17 bits per heavy atom. The smallest absolute Gasteiger partial charge is 0.123 e. The normalized spacial score (nSPS) is 10.9. The monoisotopic (exact) mass is 267 g/mol. The second-order valence-electron chi connectivity index (χ2n) is 4.20. The molecule has 3 nitrogen and oxygen atoms in total. The van der Waals surface area contributed by atoms with E-state index >= 15 is 0 Å². The number of hydrogen-bond acceptors (Lipinski definition) is 2. The van der Waals surface area contributed by atoms with Gasteiger partial charge in [0.05, 0.1) is 16.4 Å². The molecule has 18 heavy (non-hydrogen) atoms. The van der Waals surface area contributed by atoms with Crippen LogP contribution in [0, 0.1) is 12.7 Å². The van der Waals surface area contributed by atoms with Crippen LogP contribution in [0.2, 0.25) is 5.02 Å². The van der Waals surface area contributed by atoms with E-state index in [2.05, 4.69) is 10.4 Å². The number of aryl methyl sites for hydroxylation is 2. The lowest BCUT2D eigenvalue weighted by Gasteiger charge is -2.06. The lowest BCUT2D eigenvalue weighted by Crippen LogP contribution is -2.15. The molecule has 1 aromatic heterocycles. The van der Waals surface area contributed by atoms with Crippen molar-refractivity contribution in [3.63, 3.8) is 0 Å². The summed E-state index contributed by atoms with van der Waals surface area (Å²) in [5.74, 6) is -0.219. The highest BCUT2D eigenvalue weighted by atomic mass is 35.5. The Balaban J connectivity index is 1.96. The van der Waals surface area contributed by atoms with Crippen LogP contribution in [-0.4, -0.2) is 9.78 Å². The molecule has 1 aromatic carbocycles. The van der Waals surface area contributed by atoms with E-state index in [1.807, 2.05) is 20.0 Å². The number of nitrogens with zero attached hydrogens (tertiary/aromatic N) is 2. The molecule has 1 N–H and O–H groups in total. The van der Waals surface area contributed by atoms with Crippen LogP contribution < -0.4 is 5.32 Å². The van der Waals surface area contributed by atoms with Gasteiger partial charge in [-0.05, 0) is 24.6 Å². The van der Waals surface area contributed by atoms with Crippen molar-refractivity contribution >= 4 is 11.6 Å². The molecular formula is C13H15ClFN3. The highest BCUT2D eigenvalue weighted by Gasteiger charge is 2.10. The summed E-state index contributed by atoms with van der Waals surface area (Å²) in [4.78, 5) is 0. The lowest BCUT2D eigenvalue weighted by molar-refractivity contribution is 0.609. The molecule has 5 heteroatoms. The molecule has 0 amide bonds.